The number of ether oxygens (including phenoxy) is 1. The van der Waals surface area contributed by atoms with Crippen molar-refractivity contribution in [3.05, 3.63) is 35.6 Å². The summed E-state index contributed by atoms with van der Waals surface area (Å²) in [6, 6.07) is 0. The Morgan fingerprint density at radius 1 is 1.35 bits per heavy atom. The third-order valence-corrected chi connectivity index (χ3v) is 4.72. The number of carbonyl (C=O) groups is 1. The number of ketones is 1. The molecule has 0 N–H and O–H groups in total. The summed E-state index contributed by atoms with van der Waals surface area (Å²) < 4.78 is 5.98. The molecule has 2 nitrogen and oxygen atoms in total. The summed E-state index contributed by atoms with van der Waals surface area (Å²) in [5, 5.41) is 0.529. The van der Waals surface area contributed by atoms with E-state index in [0.717, 1.165) is 30.6 Å². The van der Waals surface area contributed by atoms with Gasteiger partial charge in [-0.25, -0.2) is 0 Å². The van der Waals surface area contributed by atoms with Gasteiger partial charge in [-0.3, -0.25) is 4.79 Å². The van der Waals surface area contributed by atoms with Crippen LogP contribution in [0.15, 0.2) is 35.6 Å². The van der Waals surface area contributed by atoms with Crippen LogP contribution >= 0.6 is 11.6 Å². The lowest BCUT2D eigenvalue weighted by Crippen LogP contribution is -2.47. The summed E-state index contributed by atoms with van der Waals surface area (Å²) in [5.74, 6) is 0.856. The minimum atomic E-state index is -0.546. The van der Waals surface area contributed by atoms with Gasteiger partial charge in [-0.2, -0.15) is 0 Å². The van der Waals surface area contributed by atoms with Gasteiger partial charge in [-0.05, 0) is 52.4 Å². The van der Waals surface area contributed by atoms with Crippen molar-refractivity contribution < 1.29 is 9.53 Å². The van der Waals surface area contributed by atoms with Crippen LogP contribution in [0, 0.1) is 10.8 Å². The van der Waals surface area contributed by atoms with Crippen molar-refractivity contribution in [3.63, 3.8) is 0 Å². The zero-order valence-corrected chi connectivity index (χ0v) is 16.3. The first-order valence-electron chi connectivity index (χ1n) is 8.21. The monoisotopic (exact) mass is 338 g/mol. The molecular formula is C20H31ClO2. The van der Waals surface area contributed by atoms with Gasteiger partial charge in [0.2, 0.25) is 0 Å². The number of hydrogen-bond donors (Lipinski definition) is 0. The molecule has 0 spiro atoms. The minimum absolute atomic E-state index is 0.0936. The molecule has 0 bridgehead atoms. The Bertz CT molecular complexity index is 534. The van der Waals surface area contributed by atoms with Gasteiger partial charge in [0.05, 0.1) is 0 Å². The molecule has 1 aliphatic carbocycles. The third kappa shape index (κ3) is 4.97. The average Bonchev–Trinajstić information content (AvgIpc) is 2.28. The fourth-order valence-electron chi connectivity index (χ4n) is 3.36. The van der Waals surface area contributed by atoms with E-state index in [-0.39, 0.29) is 16.8 Å². The first-order valence-corrected chi connectivity index (χ1v) is 8.59. The molecule has 1 aliphatic rings. The highest BCUT2D eigenvalue weighted by Gasteiger charge is 2.52. The summed E-state index contributed by atoms with van der Waals surface area (Å²) in [4.78, 5) is 13.1. The molecule has 0 aliphatic heterocycles. The average molecular weight is 339 g/mol. The van der Waals surface area contributed by atoms with Gasteiger partial charge in [0.25, 0.3) is 0 Å². The van der Waals surface area contributed by atoms with Crippen LogP contribution in [-0.4, -0.2) is 11.4 Å². The van der Waals surface area contributed by atoms with E-state index in [9.17, 15) is 4.79 Å². The standard InChI is InChI=1S/C20H31ClO2/c1-14(2)9-10-20(12-15(3)21)17(22)11-16(13-19(20,7)8)23-18(4,5)6/h11H,1,3,9-10,12-13H2,2,4-8H3/t20-/m1/s1. The zero-order valence-electron chi connectivity index (χ0n) is 15.5. The van der Waals surface area contributed by atoms with Gasteiger partial charge in [0, 0.05) is 22.9 Å². The molecule has 3 heteroatoms. The van der Waals surface area contributed by atoms with E-state index in [4.69, 9.17) is 16.3 Å². The SMILES string of the molecule is C=C(C)CC[C@@]1(CC(=C)Cl)C(=O)C=C(OC(C)(C)C)CC1(C)C. The number of carbonyl (C=O) groups excluding carboxylic acids is 1. The normalized spacial score (nSPS) is 24.1. The molecule has 1 rings (SSSR count). The molecule has 0 radical (unpaired) electrons. The van der Waals surface area contributed by atoms with E-state index < -0.39 is 5.41 Å². The maximum Gasteiger partial charge on any atom is 0.166 e. The first-order chi connectivity index (χ1) is 10.3. The predicted octanol–water partition coefficient (Wildman–Crippen LogP) is 6.17. The van der Waals surface area contributed by atoms with Gasteiger partial charge in [0.1, 0.15) is 11.4 Å². The lowest BCUT2D eigenvalue weighted by atomic mass is 9.55. The molecule has 0 fully saturated rings. The van der Waals surface area contributed by atoms with E-state index >= 15 is 0 Å². The van der Waals surface area contributed by atoms with E-state index in [0.29, 0.717) is 11.5 Å². The number of allylic oxidation sites excluding steroid dienone is 4. The van der Waals surface area contributed by atoms with Crippen molar-refractivity contribution in [2.45, 2.75) is 72.8 Å². The highest BCUT2D eigenvalue weighted by Crippen LogP contribution is 2.55. The Morgan fingerprint density at radius 3 is 2.30 bits per heavy atom. The van der Waals surface area contributed by atoms with Crippen LogP contribution in [0.3, 0.4) is 0 Å². The van der Waals surface area contributed by atoms with Gasteiger partial charge >= 0.3 is 0 Å². The molecule has 0 aromatic carbocycles. The fraction of sp³-hybridized carbons (Fsp3) is 0.650. The Labute approximate surface area is 146 Å². The molecule has 1 atom stereocenters. The predicted molar refractivity (Wildman–Crippen MR) is 98.4 cm³/mol. The van der Waals surface area contributed by atoms with Crippen molar-refractivity contribution in [3.8, 4) is 0 Å². The maximum atomic E-state index is 13.1. The van der Waals surface area contributed by atoms with Gasteiger partial charge in [-0.1, -0.05) is 37.6 Å². The van der Waals surface area contributed by atoms with Crippen LogP contribution in [0.4, 0.5) is 0 Å². The molecule has 0 aromatic rings. The molecule has 0 unspecified atom stereocenters. The Hall–Kier alpha value is -1.02. The zero-order chi connectivity index (χ0) is 18.1. The van der Waals surface area contributed by atoms with Gasteiger partial charge in [0.15, 0.2) is 5.78 Å². The van der Waals surface area contributed by atoms with Crippen molar-refractivity contribution in [2.75, 3.05) is 0 Å². The minimum Gasteiger partial charge on any atom is -0.492 e. The Balaban J connectivity index is 3.25. The van der Waals surface area contributed by atoms with Crippen LogP contribution in [0.25, 0.3) is 0 Å². The summed E-state index contributed by atoms with van der Waals surface area (Å²) >= 11 is 6.13. The van der Waals surface area contributed by atoms with Gasteiger partial charge in [-0.15, -0.1) is 6.58 Å². The summed E-state index contributed by atoms with van der Waals surface area (Å²) in [6.07, 6.45) is 4.43. The number of halogens is 1. The molecule has 0 saturated heterocycles. The highest BCUT2D eigenvalue weighted by atomic mass is 35.5. The highest BCUT2D eigenvalue weighted by molar-refractivity contribution is 6.29. The lowest BCUT2D eigenvalue weighted by Gasteiger charge is -2.49. The molecule has 0 heterocycles. The maximum absolute atomic E-state index is 13.1. The van der Waals surface area contributed by atoms with Crippen molar-refractivity contribution in [1.29, 1.82) is 0 Å². The lowest BCUT2D eigenvalue weighted by molar-refractivity contribution is -0.134. The summed E-state index contributed by atoms with van der Waals surface area (Å²) in [7, 11) is 0. The second kappa shape index (κ2) is 6.84. The summed E-state index contributed by atoms with van der Waals surface area (Å²) in [6.45, 7) is 20.1. The van der Waals surface area contributed by atoms with E-state index in [1.165, 1.54) is 0 Å². The van der Waals surface area contributed by atoms with Crippen LogP contribution in [0.2, 0.25) is 0 Å². The molecule has 130 valence electrons. The van der Waals surface area contributed by atoms with Crippen molar-refractivity contribution >= 4 is 17.4 Å². The van der Waals surface area contributed by atoms with Crippen molar-refractivity contribution in [2.24, 2.45) is 10.8 Å². The smallest absolute Gasteiger partial charge is 0.166 e. The van der Waals surface area contributed by atoms with Crippen molar-refractivity contribution in [1.82, 2.24) is 0 Å². The molecule has 23 heavy (non-hydrogen) atoms. The molecule has 0 amide bonds. The Morgan fingerprint density at radius 2 is 1.91 bits per heavy atom. The second-order valence-corrected chi connectivity index (χ2v) is 9.02. The van der Waals surface area contributed by atoms with Crippen LogP contribution in [0.1, 0.15) is 67.2 Å². The fourth-order valence-corrected chi connectivity index (χ4v) is 3.59. The number of rotatable bonds is 6. The third-order valence-electron chi connectivity index (χ3n) is 4.58. The number of hydrogen-bond acceptors (Lipinski definition) is 2. The van der Waals surface area contributed by atoms with Crippen LogP contribution in [-0.2, 0) is 9.53 Å². The quantitative estimate of drug-likeness (QED) is 0.541. The molecule has 0 aromatic heterocycles. The van der Waals surface area contributed by atoms with Crippen LogP contribution in [0.5, 0.6) is 0 Å². The Kier molecular flexibility index (Phi) is 5.96. The topological polar surface area (TPSA) is 26.3 Å². The largest absolute Gasteiger partial charge is 0.492 e. The second-order valence-electron chi connectivity index (χ2n) is 8.48. The van der Waals surface area contributed by atoms with E-state index in [1.807, 2.05) is 27.7 Å². The van der Waals surface area contributed by atoms with E-state index in [2.05, 4.69) is 27.0 Å². The van der Waals surface area contributed by atoms with E-state index in [1.54, 1.807) is 6.08 Å². The molecule has 0 saturated carbocycles. The summed E-state index contributed by atoms with van der Waals surface area (Å²) in [5.41, 5.74) is -0.0352. The van der Waals surface area contributed by atoms with Gasteiger partial charge < -0.3 is 4.74 Å². The molecular weight excluding hydrogens is 308 g/mol. The van der Waals surface area contributed by atoms with Crippen LogP contribution < -0.4 is 0 Å². The first kappa shape index (κ1) is 20.0.